The molecule has 4 N–H and O–H groups in total. The second-order valence-electron chi connectivity index (χ2n) is 5.65. The number of nitrogens with one attached hydrogen (secondary N) is 2. The van der Waals surface area contributed by atoms with Gasteiger partial charge in [-0.3, -0.25) is 10.00 Å². The third-order valence-corrected chi connectivity index (χ3v) is 5.08. The van der Waals surface area contributed by atoms with Crippen molar-refractivity contribution in [2.45, 2.75) is 58.1 Å². The van der Waals surface area contributed by atoms with Crippen molar-refractivity contribution in [1.82, 2.24) is 19.8 Å². The second kappa shape index (κ2) is 7.35. The van der Waals surface area contributed by atoms with E-state index in [-0.39, 0.29) is 11.4 Å². The van der Waals surface area contributed by atoms with Gasteiger partial charge in [-0.15, -0.1) is 0 Å². The van der Waals surface area contributed by atoms with Gasteiger partial charge in [0.25, 0.3) is 0 Å². The molecule has 122 valence electrons. The Morgan fingerprint density at radius 2 is 1.86 bits per heavy atom. The number of aromatic amines is 1. The Balaban J connectivity index is 2.76. The van der Waals surface area contributed by atoms with E-state index in [2.05, 4.69) is 47.5 Å². The van der Waals surface area contributed by atoms with E-state index in [1.54, 1.807) is 6.92 Å². The average Bonchev–Trinajstić information content (AvgIpc) is 2.75. The highest BCUT2D eigenvalue weighted by Crippen LogP contribution is 2.16. The van der Waals surface area contributed by atoms with Crippen molar-refractivity contribution in [2.24, 2.45) is 5.73 Å². The lowest BCUT2D eigenvalue weighted by Crippen LogP contribution is -2.42. The van der Waals surface area contributed by atoms with Gasteiger partial charge in [-0.25, -0.2) is 13.1 Å². The van der Waals surface area contributed by atoms with Gasteiger partial charge in [-0.05, 0) is 34.6 Å². The summed E-state index contributed by atoms with van der Waals surface area (Å²) in [5, 5.41) is 6.59. The zero-order valence-electron chi connectivity index (χ0n) is 13.5. The summed E-state index contributed by atoms with van der Waals surface area (Å²) in [5.41, 5.74) is 6.41. The molecule has 0 aliphatic heterocycles. The smallest absolute Gasteiger partial charge is 0.244 e. The van der Waals surface area contributed by atoms with Crippen LogP contribution < -0.4 is 10.5 Å². The highest BCUT2D eigenvalue weighted by atomic mass is 32.2. The molecule has 0 aliphatic rings. The molecule has 21 heavy (non-hydrogen) atoms. The van der Waals surface area contributed by atoms with Crippen LogP contribution in [0.5, 0.6) is 0 Å². The number of aryl methyl sites for hydroxylation is 1. The molecule has 1 rings (SSSR count). The van der Waals surface area contributed by atoms with Gasteiger partial charge in [0.1, 0.15) is 4.90 Å². The fourth-order valence-electron chi connectivity index (χ4n) is 2.46. The van der Waals surface area contributed by atoms with Crippen molar-refractivity contribution in [3.05, 3.63) is 11.4 Å². The highest BCUT2D eigenvalue weighted by Gasteiger charge is 2.23. The van der Waals surface area contributed by atoms with Crippen molar-refractivity contribution < 1.29 is 8.42 Å². The molecule has 1 aromatic heterocycles. The molecule has 0 spiro atoms. The first-order valence-electron chi connectivity index (χ1n) is 7.20. The Labute approximate surface area is 127 Å². The van der Waals surface area contributed by atoms with Crippen LogP contribution in [0.4, 0.5) is 0 Å². The van der Waals surface area contributed by atoms with Gasteiger partial charge in [0.15, 0.2) is 0 Å². The van der Waals surface area contributed by atoms with E-state index >= 15 is 0 Å². The molecule has 0 amide bonds. The van der Waals surface area contributed by atoms with Gasteiger partial charge < -0.3 is 5.73 Å². The third kappa shape index (κ3) is 4.50. The average molecular weight is 317 g/mol. The highest BCUT2D eigenvalue weighted by molar-refractivity contribution is 7.89. The van der Waals surface area contributed by atoms with E-state index in [0.717, 1.165) is 0 Å². The van der Waals surface area contributed by atoms with Gasteiger partial charge in [-0.1, -0.05) is 0 Å². The summed E-state index contributed by atoms with van der Waals surface area (Å²) in [5.74, 6) is 0. The molecule has 0 bridgehead atoms. The molecule has 1 heterocycles. The SMILES string of the molecule is Cc1[nH]nc(CN)c1S(=O)(=O)NCCN(C(C)C)C(C)C. The largest absolute Gasteiger partial charge is 0.325 e. The molecule has 0 saturated carbocycles. The standard InChI is InChI=1S/C13H27N5O2S/c1-9(2)18(10(3)4)7-6-15-21(19,20)13-11(5)16-17-12(13)8-14/h9-10,15H,6-8,14H2,1-5H3,(H,16,17). The van der Waals surface area contributed by atoms with Crippen LogP contribution in [0.2, 0.25) is 0 Å². The van der Waals surface area contributed by atoms with E-state index in [4.69, 9.17) is 5.73 Å². The molecule has 0 unspecified atom stereocenters. The first-order chi connectivity index (χ1) is 9.70. The Morgan fingerprint density at radius 1 is 1.29 bits per heavy atom. The van der Waals surface area contributed by atoms with Crippen LogP contribution in [0.1, 0.15) is 39.1 Å². The summed E-state index contributed by atoms with van der Waals surface area (Å²) in [6.45, 7) is 11.2. The number of sulfonamides is 1. The number of hydrogen-bond donors (Lipinski definition) is 3. The van der Waals surface area contributed by atoms with Crippen LogP contribution in [0, 0.1) is 6.92 Å². The number of nitrogens with two attached hydrogens (primary N) is 1. The zero-order valence-corrected chi connectivity index (χ0v) is 14.3. The Kier molecular flexibility index (Phi) is 6.33. The molecule has 0 radical (unpaired) electrons. The van der Waals surface area contributed by atoms with Crippen LogP contribution in [-0.2, 0) is 16.6 Å². The lowest BCUT2D eigenvalue weighted by atomic mass is 10.2. The third-order valence-electron chi connectivity index (χ3n) is 3.41. The summed E-state index contributed by atoms with van der Waals surface area (Å²) in [6, 6.07) is 0.731. The molecule has 0 aromatic carbocycles. The van der Waals surface area contributed by atoms with Gasteiger partial charge in [0.2, 0.25) is 10.0 Å². The molecule has 7 nitrogen and oxygen atoms in total. The second-order valence-corrected chi connectivity index (χ2v) is 7.36. The van der Waals surface area contributed by atoms with Crippen molar-refractivity contribution in [3.63, 3.8) is 0 Å². The maximum Gasteiger partial charge on any atom is 0.244 e. The molecular formula is C13H27N5O2S. The summed E-state index contributed by atoms with van der Waals surface area (Å²) in [6.07, 6.45) is 0. The van der Waals surface area contributed by atoms with Gasteiger partial charge in [0.05, 0.1) is 11.4 Å². The molecular weight excluding hydrogens is 290 g/mol. The van der Waals surface area contributed by atoms with E-state index in [1.807, 2.05) is 0 Å². The van der Waals surface area contributed by atoms with Crippen LogP contribution in [-0.4, -0.2) is 48.7 Å². The van der Waals surface area contributed by atoms with Crippen LogP contribution >= 0.6 is 0 Å². The maximum atomic E-state index is 12.4. The minimum absolute atomic E-state index is 0.0880. The molecule has 8 heteroatoms. The number of hydrogen-bond acceptors (Lipinski definition) is 5. The van der Waals surface area contributed by atoms with Crippen molar-refractivity contribution >= 4 is 10.0 Å². The predicted molar refractivity (Wildman–Crippen MR) is 83.4 cm³/mol. The van der Waals surface area contributed by atoms with Gasteiger partial charge in [0, 0.05) is 31.7 Å². The van der Waals surface area contributed by atoms with Gasteiger partial charge >= 0.3 is 0 Å². The van der Waals surface area contributed by atoms with Crippen molar-refractivity contribution in [2.75, 3.05) is 13.1 Å². The topological polar surface area (TPSA) is 104 Å². The lowest BCUT2D eigenvalue weighted by molar-refractivity contribution is 0.179. The van der Waals surface area contributed by atoms with Crippen molar-refractivity contribution in [1.29, 1.82) is 0 Å². The van der Waals surface area contributed by atoms with Gasteiger partial charge in [-0.2, -0.15) is 5.10 Å². The van der Waals surface area contributed by atoms with Crippen LogP contribution in [0.15, 0.2) is 4.90 Å². The Hall–Kier alpha value is -0.960. The number of H-pyrrole nitrogens is 1. The Bertz CT molecular complexity index is 543. The summed E-state index contributed by atoms with van der Waals surface area (Å²) in [4.78, 5) is 2.40. The normalized spacial score (nSPS) is 12.8. The molecule has 0 atom stereocenters. The van der Waals surface area contributed by atoms with Crippen LogP contribution in [0.25, 0.3) is 0 Å². The number of rotatable bonds is 8. The van der Waals surface area contributed by atoms with E-state index in [9.17, 15) is 8.42 Å². The maximum absolute atomic E-state index is 12.4. The fraction of sp³-hybridized carbons (Fsp3) is 0.769. The molecule has 0 aliphatic carbocycles. The quantitative estimate of drug-likeness (QED) is 0.650. The van der Waals surface area contributed by atoms with E-state index in [1.165, 1.54) is 0 Å². The predicted octanol–water partition coefficient (Wildman–Crippen LogP) is 0.574. The number of aromatic nitrogens is 2. The van der Waals surface area contributed by atoms with Crippen molar-refractivity contribution in [3.8, 4) is 0 Å². The first kappa shape index (κ1) is 18.1. The summed E-state index contributed by atoms with van der Waals surface area (Å²) in [7, 11) is -3.59. The monoisotopic (exact) mass is 317 g/mol. The molecule has 0 saturated heterocycles. The minimum Gasteiger partial charge on any atom is -0.325 e. The van der Waals surface area contributed by atoms with Crippen LogP contribution in [0.3, 0.4) is 0 Å². The Morgan fingerprint density at radius 3 is 2.33 bits per heavy atom. The molecule has 0 fully saturated rings. The van der Waals surface area contributed by atoms with E-state index < -0.39 is 10.0 Å². The number of nitrogens with zero attached hydrogens (tertiary/aromatic N) is 2. The lowest BCUT2D eigenvalue weighted by Gasteiger charge is -2.30. The summed E-state index contributed by atoms with van der Waals surface area (Å²) < 4.78 is 27.4. The fourth-order valence-corrected chi connectivity index (χ4v) is 3.85. The van der Waals surface area contributed by atoms with E-state index in [0.29, 0.717) is 36.6 Å². The minimum atomic E-state index is -3.59. The first-order valence-corrected chi connectivity index (χ1v) is 8.68. The summed E-state index contributed by atoms with van der Waals surface area (Å²) >= 11 is 0. The zero-order chi connectivity index (χ0) is 16.2. The molecule has 1 aromatic rings.